The Kier molecular flexibility index (Phi) is 10.00. The molecule has 2 aliphatic heterocycles. The zero-order chi connectivity index (χ0) is 32.2. The molecule has 2 amide bonds. The average molecular weight is 611 g/mol. The Morgan fingerprint density at radius 3 is 2.00 bits per heavy atom. The summed E-state index contributed by atoms with van der Waals surface area (Å²) in [5, 5.41) is 16.8. The van der Waals surface area contributed by atoms with Gasteiger partial charge in [0.25, 0.3) is 0 Å². The van der Waals surface area contributed by atoms with Crippen LogP contribution >= 0.6 is 0 Å². The standard InChI is InChI=1S/C33H44N3O8/c1-32(2)19-23(20-33(3,4)36(32)39)44-31(38)35-15-9-10-25(35)30(37)34-24-16-21(13-14-26(24)40-5)11-12-22-17-27(41-6)29(43-8)28(18-22)42-7/h11-14,16-18,23,25H,9-10,15,19-20H2,1-8H3,(H,34,37)/b12-11-/t25-/m0/s1. The van der Waals surface area contributed by atoms with Gasteiger partial charge < -0.3 is 29.0 Å². The number of nitrogens with zero attached hydrogens (tertiary/aromatic N) is 2. The molecule has 2 aromatic carbocycles. The number of likely N-dealkylation sites (tertiary alicyclic amines) is 1. The average Bonchev–Trinajstić information content (AvgIpc) is 3.48. The minimum Gasteiger partial charge on any atom is -0.495 e. The fraction of sp³-hybridized carbons (Fsp3) is 0.515. The van der Waals surface area contributed by atoms with E-state index in [1.165, 1.54) is 12.0 Å². The molecule has 0 bridgehead atoms. The van der Waals surface area contributed by atoms with Crippen LogP contribution in [-0.2, 0) is 14.7 Å². The molecule has 0 unspecified atom stereocenters. The Labute approximate surface area is 259 Å². The summed E-state index contributed by atoms with van der Waals surface area (Å²) >= 11 is 0. The highest BCUT2D eigenvalue weighted by atomic mass is 16.6. The third-order valence-corrected chi connectivity index (χ3v) is 8.25. The van der Waals surface area contributed by atoms with Crippen molar-refractivity contribution < 1.29 is 38.5 Å². The van der Waals surface area contributed by atoms with Gasteiger partial charge in [-0.15, -0.1) is 10.3 Å². The van der Waals surface area contributed by atoms with E-state index >= 15 is 0 Å². The molecule has 2 aliphatic rings. The van der Waals surface area contributed by atoms with Crippen molar-refractivity contribution in [1.82, 2.24) is 9.96 Å². The van der Waals surface area contributed by atoms with E-state index in [0.29, 0.717) is 60.9 Å². The van der Waals surface area contributed by atoms with Crippen LogP contribution in [0, 0.1) is 0 Å². The summed E-state index contributed by atoms with van der Waals surface area (Å²) < 4.78 is 27.7. The lowest BCUT2D eigenvalue weighted by molar-refractivity contribution is -0.298. The molecule has 11 heteroatoms. The molecule has 11 nitrogen and oxygen atoms in total. The molecule has 44 heavy (non-hydrogen) atoms. The summed E-state index contributed by atoms with van der Waals surface area (Å²) in [6.07, 6.45) is 4.87. The third kappa shape index (κ3) is 7.05. The molecule has 2 fully saturated rings. The van der Waals surface area contributed by atoms with Crippen LogP contribution in [-0.4, -0.2) is 80.2 Å². The lowest BCUT2D eigenvalue weighted by Gasteiger charge is -2.49. The van der Waals surface area contributed by atoms with E-state index in [2.05, 4.69) is 5.32 Å². The van der Waals surface area contributed by atoms with Gasteiger partial charge in [-0.25, -0.2) is 4.79 Å². The normalized spacial score (nSPS) is 19.9. The van der Waals surface area contributed by atoms with Crippen LogP contribution in [0.3, 0.4) is 0 Å². The Balaban J connectivity index is 1.48. The molecule has 1 atom stereocenters. The number of nitrogens with one attached hydrogen (secondary N) is 1. The van der Waals surface area contributed by atoms with Gasteiger partial charge >= 0.3 is 6.09 Å². The van der Waals surface area contributed by atoms with Crippen LogP contribution in [0.2, 0.25) is 0 Å². The highest BCUT2D eigenvalue weighted by Crippen LogP contribution is 2.40. The minimum absolute atomic E-state index is 0.321. The number of hydrogen-bond acceptors (Lipinski definition) is 8. The Bertz CT molecular complexity index is 1350. The lowest BCUT2D eigenvalue weighted by Crippen LogP contribution is -2.60. The molecule has 1 radical (unpaired) electrons. The Morgan fingerprint density at radius 1 is 0.841 bits per heavy atom. The topological polar surface area (TPSA) is 119 Å². The maximum Gasteiger partial charge on any atom is 0.410 e. The molecule has 239 valence electrons. The van der Waals surface area contributed by atoms with E-state index in [0.717, 1.165) is 16.2 Å². The zero-order valence-corrected chi connectivity index (χ0v) is 26.9. The zero-order valence-electron chi connectivity index (χ0n) is 26.9. The van der Waals surface area contributed by atoms with Crippen LogP contribution in [0.4, 0.5) is 10.5 Å². The van der Waals surface area contributed by atoms with Crippen LogP contribution in [0.25, 0.3) is 12.2 Å². The van der Waals surface area contributed by atoms with E-state index in [-0.39, 0.29) is 5.91 Å². The van der Waals surface area contributed by atoms with Crippen molar-refractivity contribution in [3.8, 4) is 23.0 Å². The number of rotatable bonds is 9. The molecular formula is C33H44N3O8. The molecule has 0 aliphatic carbocycles. The second kappa shape index (κ2) is 13.4. The number of carbonyl (C=O) groups is 2. The second-order valence-electron chi connectivity index (χ2n) is 12.4. The van der Waals surface area contributed by atoms with Gasteiger partial charge in [0.1, 0.15) is 17.9 Å². The van der Waals surface area contributed by atoms with E-state index in [9.17, 15) is 14.8 Å². The van der Waals surface area contributed by atoms with Crippen molar-refractivity contribution in [1.29, 1.82) is 0 Å². The molecular weight excluding hydrogens is 566 g/mol. The number of benzene rings is 2. The number of methoxy groups -OCH3 is 4. The van der Waals surface area contributed by atoms with E-state index in [4.69, 9.17) is 23.7 Å². The quantitative estimate of drug-likeness (QED) is 0.354. The first-order chi connectivity index (χ1) is 20.8. The van der Waals surface area contributed by atoms with Crippen molar-refractivity contribution in [2.24, 2.45) is 0 Å². The van der Waals surface area contributed by atoms with Crippen molar-refractivity contribution in [2.45, 2.75) is 76.6 Å². The van der Waals surface area contributed by atoms with Crippen molar-refractivity contribution >= 4 is 29.8 Å². The van der Waals surface area contributed by atoms with Crippen molar-refractivity contribution in [3.63, 3.8) is 0 Å². The molecule has 0 aromatic heterocycles. The SMILES string of the molecule is COc1ccc(/C=C\c2cc(OC)c(OC)c(OC)c2)cc1NC(=O)[C@@H]1CCCN1C(=O)OC1CC(C)(C)N([O])C(C)(C)C1. The Hall–Kier alpha value is -3.96. The molecule has 2 saturated heterocycles. The van der Waals surface area contributed by atoms with Crippen LogP contribution in [0.1, 0.15) is 64.5 Å². The fourth-order valence-electron chi connectivity index (χ4n) is 6.26. The van der Waals surface area contributed by atoms with E-state index in [1.807, 2.05) is 64.1 Å². The summed E-state index contributed by atoms with van der Waals surface area (Å²) in [6.45, 7) is 7.84. The predicted octanol–water partition coefficient (Wildman–Crippen LogP) is 5.80. The van der Waals surface area contributed by atoms with Gasteiger partial charge in [-0.2, -0.15) is 0 Å². The largest absolute Gasteiger partial charge is 0.495 e. The van der Waals surface area contributed by atoms with Gasteiger partial charge in [0.05, 0.1) is 34.1 Å². The van der Waals surface area contributed by atoms with Gasteiger partial charge in [-0.05, 0) is 75.9 Å². The maximum absolute atomic E-state index is 13.5. The summed E-state index contributed by atoms with van der Waals surface area (Å²) in [5.41, 5.74) is 0.781. The van der Waals surface area contributed by atoms with E-state index in [1.54, 1.807) is 27.4 Å². The van der Waals surface area contributed by atoms with Gasteiger partial charge in [0, 0.05) is 30.5 Å². The molecule has 4 rings (SSSR count). The first kappa shape index (κ1) is 32.9. The summed E-state index contributed by atoms with van der Waals surface area (Å²) in [6, 6.07) is 8.44. The fourth-order valence-corrected chi connectivity index (χ4v) is 6.26. The minimum atomic E-state index is -0.689. The molecule has 0 spiro atoms. The lowest BCUT2D eigenvalue weighted by atomic mass is 9.80. The van der Waals surface area contributed by atoms with Gasteiger partial charge in [-0.1, -0.05) is 18.2 Å². The van der Waals surface area contributed by atoms with Crippen molar-refractivity contribution in [3.05, 3.63) is 41.5 Å². The molecule has 1 N–H and O–H groups in total. The smallest absolute Gasteiger partial charge is 0.410 e. The van der Waals surface area contributed by atoms with Crippen LogP contribution in [0.15, 0.2) is 30.3 Å². The maximum atomic E-state index is 13.5. The number of ether oxygens (including phenoxy) is 5. The second-order valence-corrected chi connectivity index (χ2v) is 12.4. The highest BCUT2D eigenvalue weighted by molar-refractivity contribution is 5.98. The summed E-state index contributed by atoms with van der Waals surface area (Å²) in [5.74, 6) is 1.75. The number of hydroxylamine groups is 2. The Morgan fingerprint density at radius 2 is 1.43 bits per heavy atom. The molecule has 0 saturated carbocycles. The van der Waals surface area contributed by atoms with Gasteiger partial charge in [0.2, 0.25) is 11.7 Å². The third-order valence-electron chi connectivity index (χ3n) is 8.25. The van der Waals surface area contributed by atoms with Gasteiger partial charge in [-0.3, -0.25) is 9.69 Å². The predicted molar refractivity (Wildman–Crippen MR) is 167 cm³/mol. The summed E-state index contributed by atoms with van der Waals surface area (Å²) in [4.78, 5) is 28.3. The molecule has 2 aromatic rings. The summed E-state index contributed by atoms with van der Waals surface area (Å²) in [7, 11) is 6.21. The highest BCUT2D eigenvalue weighted by Gasteiger charge is 2.48. The van der Waals surface area contributed by atoms with Crippen LogP contribution < -0.4 is 24.3 Å². The van der Waals surface area contributed by atoms with Crippen molar-refractivity contribution in [2.75, 3.05) is 40.3 Å². The number of hydrogen-bond donors (Lipinski definition) is 1. The van der Waals surface area contributed by atoms with Crippen LogP contribution in [0.5, 0.6) is 23.0 Å². The van der Waals surface area contributed by atoms with E-state index < -0.39 is 29.3 Å². The first-order valence-corrected chi connectivity index (χ1v) is 14.7. The van der Waals surface area contributed by atoms with Gasteiger partial charge in [0.15, 0.2) is 11.5 Å². The number of amides is 2. The first-order valence-electron chi connectivity index (χ1n) is 14.7. The number of anilines is 1. The number of carbonyl (C=O) groups excluding carboxylic acids is 2. The molecule has 2 heterocycles. The monoisotopic (exact) mass is 610 g/mol. The number of piperidine rings is 1.